The number of hydrogen-bond donors (Lipinski definition) is 0. The summed E-state index contributed by atoms with van der Waals surface area (Å²) in [5, 5.41) is 0. The molecule has 0 amide bonds. The zero-order chi connectivity index (χ0) is 9.42. The van der Waals surface area contributed by atoms with Crippen LogP contribution in [0.5, 0.6) is 0 Å². The summed E-state index contributed by atoms with van der Waals surface area (Å²) in [7, 11) is 0. The minimum Gasteiger partial charge on any atom is -0.0795 e. The van der Waals surface area contributed by atoms with Crippen molar-refractivity contribution < 1.29 is 0 Å². The van der Waals surface area contributed by atoms with E-state index in [1.165, 1.54) is 11.1 Å². The van der Waals surface area contributed by atoms with E-state index in [4.69, 9.17) is 0 Å². The van der Waals surface area contributed by atoms with Gasteiger partial charge < -0.3 is 0 Å². The molecular weight excluding hydrogens is 156 g/mol. The largest absolute Gasteiger partial charge is 0.0795 e. The van der Waals surface area contributed by atoms with Gasteiger partial charge in [-0.1, -0.05) is 38.1 Å². The Labute approximate surface area is 80.3 Å². The van der Waals surface area contributed by atoms with Gasteiger partial charge >= 0.3 is 0 Å². The summed E-state index contributed by atoms with van der Waals surface area (Å²) in [5.74, 6) is 0.648. The van der Waals surface area contributed by atoms with Gasteiger partial charge in [0.15, 0.2) is 0 Å². The van der Waals surface area contributed by atoms with E-state index in [9.17, 15) is 0 Å². The lowest BCUT2D eigenvalue weighted by atomic mass is 9.90. The molecule has 1 aromatic carbocycles. The molecule has 0 atom stereocenters. The van der Waals surface area contributed by atoms with Crippen molar-refractivity contribution >= 4 is 6.08 Å². The van der Waals surface area contributed by atoms with Crippen molar-refractivity contribution in [3.8, 4) is 0 Å². The lowest BCUT2D eigenvalue weighted by molar-refractivity contribution is 0.841. The van der Waals surface area contributed by atoms with E-state index in [0.29, 0.717) is 5.92 Å². The zero-order valence-electron chi connectivity index (χ0n) is 8.59. The summed E-state index contributed by atoms with van der Waals surface area (Å²) in [5.41, 5.74) is 5.98. The molecule has 1 aromatic rings. The van der Waals surface area contributed by atoms with Crippen molar-refractivity contribution in [2.75, 3.05) is 0 Å². The predicted molar refractivity (Wildman–Crippen MR) is 58.0 cm³/mol. The lowest BCUT2D eigenvalue weighted by Crippen LogP contribution is -1.99. The number of rotatable bonds is 1. The van der Waals surface area contributed by atoms with Crippen molar-refractivity contribution in [3.05, 3.63) is 40.5 Å². The quantitative estimate of drug-likeness (QED) is 0.606. The number of allylic oxidation sites excluding steroid dienone is 1. The first kappa shape index (κ1) is 8.55. The Kier molecular flexibility index (Phi) is 1.99. The average molecular weight is 172 g/mol. The van der Waals surface area contributed by atoms with Gasteiger partial charge in [-0.25, -0.2) is 0 Å². The first-order valence-corrected chi connectivity index (χ1v) is 4.99. The molecule has 1 aliphatic carbocycles. The molecule has 2 rings (SSSR count). The molecule has 0 aliphatic heterocycles. The number of aryl methyl sites for hydroxylation is 1. The Hall–Kier alpha value is -1.04. The van der Waals surface area contributed by atoms with E-state index in [2.05, 4.69) is 45.1 Å². The molecule has 13 heavy (non-hydrogen) atoms. The monoisotopic (exact) mass is 172 g/mol. The van der Waals surface area contributed by atoms with Gasteiger partial charge in [0.25, 0.3) is 0 Å². The van der Waals surface area contributed by atoms with Gasteiger partial charge in [0.1, 0.15) is 0 Å². The fourth-order valence-corrected chi connectivity index (χ4v) is 2.29. The smallest absolute Gasteiger partial charge is 0.00852 e. The minimum absolute atomic E-state index is 0.648. The molecule has 0 heterocycles. The van der Waals surface area contributed by atoms with E-state index in [0.717, 1.165) is 6.42 Å². The van der Waals surface area contributed by atoms with Crippen LogP contribution < -0.4 is 0 Å². The second-order valence-electron chi connectivity index (χ2n) is 4.13. The van der Waals surface area contributed by atoms with E-state index >= 15 is 0 Å². The Morgan fingerprint density at radius 3 is 2.69 bits per heavy atom. The van der Waals surface area contributed by atoms with Gasteiger partial charge in [0.2, 0.25) is 0 Å². The molecule has 0 saturated heterocycles. The highest BCUT2D eigenvalue weighted by Crippen LogP contribution is 2.30. The van der Waals surface area contributed by atoms with Gasteiger partial charge in [0, 0.05) is 0 Å². The highest BCUT2D eigenvalue weighted by atomic mass is 14.2. The van der Waals surface area contributed by atoms with E-state index < -0.39 is 0 Å². The van der Waals surface area contributed by atoms with Crippen molar-refractivity contribution in [3.63, 3.8) is 0 Å². The van der Waals surface area contributed by atoms with Crippen LogP contribution in [-0.2, 0) is 6.42 Å². The molecule has 0 unspecified atom stereocenters. The van der Waals surface area contributed by atoms with Crippen LogP contribution in [0.2, 0.25) is 0 Å². The fraction of sp³-hybridized carbons (Fsp3) is 0.385. The normalized spacial score (nSPS) is 13.8. The molecule has 0 radical (unpaired) electrons. The van der Waals surface area contributed by atoms with Crippen molar-refractivity contribution in [2.45, 2.75) is 33.1 Å². The Morgan fingerprint density at radius 1 is 1.23 bits per heavy atom. The van der Waals surface area contributed by atoms with Crippen LogP contribution in [-0.4, -0.2) is 0 Å². The first-order chi connectivity index (χ1) is 6.20. The molecule has 0 saturated carbocycles. The lowest BCUT2D eigenvalue weighted by Gasteiger charge is -2.15. The van der Waals surface area contributed by atoms with Gasteiger partial charge in [-0.15, -0.1) is 0 Å². The number of fused-ring (bicyclic) bond motifs is 1. The molecule has 0 heteroatoms. The zero-order valence-corrected chi connectivity index (χ0v) is 8.59. The highest BCUT2D eigenvalue weighted by molar-refractivity contribution is 5.63. The molecule has 0 N–H and O–H groups in total. The van der Waals surface area contributed by atoms with E-state index in [1.807, 2.05) is 0 Å². The van der Waals surface area contributed by atoms with Gasteiger partial charge in [-0.3, -0.25) is 0 Å². The summed E-state index contributed by atoms with van der Waals surface area (Å²) in [6.45, 7) is 6.77. The summed E-state index contributed by atoms with van der Waals surface area (Å²) < 4.78 is 0. The summed E-state index contributed by atoms with van der Waals surface area (Å²) in [6, 6.07) is 4.48. The molecular formula is C13H16. The van der Waals surface area contributed by atoms with Crippen molar-refractivity contribution in [2.24, 2.45) is 0 Å². The highest BCUT2D eigenvalue weighted by Gasteiger charge is 2.14. The first-order valence-electron chi connectivity index (χ1n) is 4.99. The van der Waals surface area contributed by atoms with Gasteiger partial charge in [0.05, 0.1) is 0 Å². The fourth-order valence-electron chi connectivity index (χ4n) is 2.29. The topological polar surface area (TPSA) is 0 Å². The SMILES string of the molecule is Cc1ccc2c(c1C(C)C)CC=C2. The minimum atomic E-state index is 0.648. The molecule has 0 aromatic heterocycles. The van der Waals surface area contributed by atoms with Crippen molar-refractivity contribution in [1.29, 1.82) is 0 Å². The predicted octanol–water partition coefficient (Wildman–Crippen LogP) is 3.69. The Morgan fingerprint density at radius 2 is 2.00 bits per heavy atom. The molecule has 0 bridgehead atoms. The summed E-state index contributed by atoms with van der Waals surface area (Å²) in [4.78, 5) is 0. The summed E-state index contributed by atoms with van der Waals surface area (Å²) in [6.07, 6.45) is 5.63. The van der Waals surface area contributed by atoms with Crippen LogP contribution in [0.25, 0.3) is 6.08 Å². The van der Waals surface area contributed by atoms with E-state index in [-0.39, 0.29) is 0 Å². The van der Waals surface area contributed by atoms with Gasteiger partial charge in [-0.05, 0) is 41.5 Å². The number of benzene rings is 1. The third-order valence-electron chi connectivity index (χ3n) is 2.81. The second kappa shape index (κ2) is 3.02. The van der Waals surface area contributed by atoms with Crippen LogP contribution in [0.15, 0.2) is 18.2 Å². The maximum Gasteiger partial charge on any atom is -0.00852 e. The van der Waals surface area contributed by atoms with Crippen LogP contribution in [0, 0.1) is 6.92 Å². The Balaban J connectivity index is 2.61. The Bertz CT molecular complexity index is 357. The third-order valence-corrected chi connectivity index (χ3v) is 2.81. The molecule has 1 aliphatic rings. The van der Waals surface area contributed by atoms with E-state index in [1.54, 1.807) is 11.1 Å². The van der Waals surface area contributed by atoms with Crippen LogP contribution in [0.1, 0.15) is 42.0 Å². The van der Waals surface area contributed by atoms with Crippen LogP contribution >= 0.6 is 0 Å². The summed E-state index contributed by atoms with van der Waals surface area (Å²) >= 11 is 0. The standard InChI is InChI=1S/C13H16/c1-9(2)13-10(3)7-8-11-5-4-6-12(11)13/h4-5,7-9H,6H2,1-3H3. The molecule has 0 fully saturated rings. The number of hydrogen-bond acceptors (Lipinski definition) is 0. The second-order valence-corrected chi connectivity index (χ2v) is 4.13. The third kappa shape index (κ3) is 1.31. The van der Waals surface area contributed by atoms with Crippen LogP contribution in [0.4, 0.5) is 0 Å². The molecule has 0 spiro atoms. The average Bonchev–Trinajstić information content (AvgIpc) is 2.50. The van der Waals surface area contributed by atoms with Crippen LogP contribution in [0.3, 0.4) is 0 Å². The molecule has 68 valence electrons. The van der Waals surface area contributed by atoms with Gasteiger partial charge in [-0.2, -0.15) is 0 Å². The maximum absolute atomic E-state index is 2.28. The van der Waals surface area contributed by atoms with Crippen molar-refractivity contribution in [1.82, 2.24) is 0 Å². The maximum atomic E-state index is 2.28. The molecule has 0 nitrogen and oxygen atoms in total.